The third-order valence-electron chi connectivity index (χ3n) is 2.60. The predicted molar refractivity (Wildman–Crippen MR) is 52.5 cm³/mol. The van der Waals surface area contributed by atoms with Gasteiger partial charge in [-0.25, -0.2) is 9.97 Å². The number of hydrogen-bond donors (Lipinski definition) is 1. The van der Waals surface area contributed by atoms with Crippen LogP contribution >= 0.6 is 0 Å². The normalized spacial score (nSPS) is 17.1. The molecule has 0 amide bonds. The molecule has 1 aliphatic carbocycles. The molecule has 13 heavy (non-hydrogen) atoms. The summed E-state index contributed by atoms with van der Waals surface area (Å²) in [6.45, 7) is 4.42. The lowest BCUT2D eigenvalue weighted by atomic mass is 9.99. The van der Waals surface area contributed by atoms with Crippen molar-refractivity contribution in [2.24, 2.45) is 5.92 Å². The van der Waals surface area contributed by atoms with Gasteiger partial charge in [-0.3, -0.25) is 0 Å². The lowest BCUT2D eigenvalue weighted by Gasteiger charge is -2.25. The van der Waals surface area contributed by atoms with E-state index in [4.69, 9.17) is 0 Å². The SMILES string of the molecule is CC(C)(Nc1ncccn1)C1CC1. The standard InChI is InChI=1S/C10H15N3/c1-10(2,8-4-5-8)13-9-11-6-3-7-12-9/h3,6-8H,4-5H2,1-2H3,(H,11,12,13). The average molecular weight is 177 g/mol. The molecule has 3 nitrogen and oxygen atoms in total. The largest absolute Gasteiger partial charge is 0.349 e. The predicted octanol–water partition coefficient (Wildman–Crippen LogP) is 2.08. The second-order valence-corrected chi connectivity index (χ2v) is 4.19. The average Bonchev–Trinajstić information content (AvgIpc) is 2.87. The molecule has 0 spiro atoms. The van der Waals surface area contributed by atoms with E-state index < -0.39 is 0 Å². The molecule has 0 aromatic carbocycles. The molecule has 0 radical (unpaired) electrons. The fourth-order valence-corrected chi connectivity index (χ4v) is 1.56. The molecule has 2 rings (SSSR count). The summed E-state index contributed by atoms with van der Waals surface area (Å²) in [5.74, 6) is 1.52. The summed E-state index contributed by atoms with van der Waals surface area (Å²) in [5, 5.41) is 3.36. The number of nitrogens with one attached hydrogen (secondary N) is 1. The Kier molecular flexibility index (Phi) is 1.94. The van der Waals surface area contributed by atoms with Crippen LogP contribution in [0.5, 0.6) is 0 Å². The van der Waals surface area contributed by atoms with Crippen molar-refractivity contribution in [3.05, 3.63) is 18.5 Å². The summed E-state index contributed by atoms with van der Waals surface area (Å²) in [5.41, 5.74) is 0.140. The van der Waals surface area contributed by atoms with Crippen molar-refractivity contribution < 1.29 is 0 Å². The van der Waals surface area contributed by atoms with Crippen molar-refractivity contribution in [1.29, 1.82) is 0 Å². The Morgan fingerprint density at radius 1 is 1.31 bits per heavy atom. The molecule has 0 atom stereocenters. The third-order valence-corrected chi connectivity index (χ3v) is 2.60. The summed E-state index contributed by atoms with van der Waals surface area (Å²) < 4.78 is 0. The summed E-state index contributed by atoms with van der Waals surface area (Å²) in [4.78, 5) is 8.30. The van der Waals surface area contributed by atoms with E-state index in [1.54, 1.807) is 12.4 Å². The van der Waals surface area contributed by atoms with Crippen molar-refractivity contribution >= 4 is 5.95 Å². The van der Waals surface area contributed by atoms with Crippen molar-refractivity contribution in [2.75, 3.05) is 5.32 Å². The molecule has 0 unspecified atom stereocenters. The first-order chi connectivity index (χ1) is 6.18. The zero-order valence-electron chi connectivity index (χ0n) is 8.12. The fraction of sp³-hybridized carbons (Fsp3) is 0.600. The van der Waals surface area contributed by atoms with Crippen molar-refractivity contribution in [1.82, 2.24) is 9.97 Å². The van der Waals surface area contributed by atoms with Crippen LogP contribution in [0.4, 0.5) is 5.95 Å². The second-order valence-electron chi connectivity index (χ2n) is 4.19. The highest BCUT2D eigenvalue weighted by Crippen LogP contribution is 2.40. The van der Waals surface area contributed by atoms with E-state index in [0.717, 1.165) is 11.9 Å². The molecule has 1 aliphatic rings. The number of nitrogens with zero attached hydrogens (tertiary/aromatic N) is 2. The number of aromatic nitrogens is 2. The van der Waals surface area contributed by atoms with Crippen LogP contribution < -0.4 is 5.32 Å². The highest BCUT2D eigenvalue weighted by Gasteiger charge is 2.37. The molecule has 1 fully saturated rings. The molecule has 1 aromatic rings. The van der Waals surface area contributed by atoms with Crippen LogP contribution in [0.25, 0.3) is 0 Å². The Labute approximate surface area is 78.6 Å². The quantitative estimate of drug-likeness (QED) is 0.768. The lowest BCUT2D eigenvalue weighted by Crippen LogP contribution is -2.34. The van der Waals surface area contributed by atoms with E-state index in [-0.39, 0.29) is 5.54 Å². The van der Waals surface area contributed by atoms with E-state index in [0.29, 0.717) is 0 Å². The minimum Gasteiger partial charge on any atom is -0.349 e. The van der Waals surface area contributed by atoms with E-state index >= 15 is 0 Å². The van der Waals surface area contributed by atoms with Crippen LogP contribution in [0, 0.1) is 5.92 Å². The first-order valence-corrected chi connectivity index (χ1v) is 4.74. The maximum absolute atomic E-state index is 4.15. The van der Waals surface area contributed by atoms with Gasteiger partial charge in [-0.05, 0) is 38.7 Å². The van der Waals surface area contributed by atoms with Crippen LogP contribution in [0.3, 0.4) is 0 Å². The summed E-state index contributed by atoms with van der Waals surface area (Å²) in [6, 6.07) is 1.83. The van der Waals surface area contributed by atoms with Crippen molar-refractivity contribution in [2.45, 2.75) is 32.2 Å². The third kappa shape index (κ3) is 1.97. The Morgan fingerprint density at radius 3 is 2.46 bits per heavy atom. The number of rotatable bonds is 3. The van der Waals surface area contributed by atoms with Gasteiger partial charge in [0.2, 0.25) is 5.95 Å². The highest BCUT2D eigenvalue weighted by molar-refractivity contribution is 5.28. The maximum Gasteiger partial charge on any atom is 0.222 e. The highest BCUT2D eigenvalue weighted by atomic mass is 15.1. The van der Waals surface area contributed by atoms with E-state index in [2.05, 4.69) is 29.1 Å². The summed E-state index contributed by atoms with van der Waals surface area (Å²) in [6.07, 6.45) is 6.18. The van der Waals surface area contributed by atoms with Gasteiger partial charge in [0.25, 0.3) is 0 Å². The molecule has 0 saturated heterocycles. The van der Waals surface area contributed by atoms with Gasteiger partial charge >= 0.3 is 0 Å². The summed E-state index contributed by atoms with van der Waals surface area (Å²) >= 11 is 0. The first-order valence-electron chi connectivity index (χ1n) is 4.74. The van der Waals surface area contributed by atoms with Gasteiger partial charge in [0.1, 0.15) is 0 Å². The first kappa shape index (κ1) is 8.48. The van der Waals surface area contributed by atoms with Gasteiger partial charge in [-0.2, -0.15) is 0 Å². The zero-order valence-corrected chi connectivity index (χ0v) is 8.12. The van der Waals surface area contributed by atoms with Crippen molar-refractivity contribution in [3.8, 4) is 0 Å². The Balaban J connectivity index is 2.04. The minimum atomic E-state index is 0.140. The van der Waals surface area contributed by atoms with Gasteiger partial charge in [-0.1, -0.05) is 0 Å². The van der Waals surface area contributed by atoms with Crippen LogP contribution in [0.1, 0.15) is 26.7 Å². The monoisotopic (exact) mass is 177 g/mol. The molecule has 1 aromatic heterocycles. The maximum atomic E-state index is 4.15. The Hall–Kier alpha value is -1.12. The molecule has 70 valence electrons. The van der Waals surface area contributed by atoms with Gasteiger partial charge < -0.3 is 5.32 Å². The number of hydrogen-bond acceptors (Lipinski definition) is 3. The van der Waals surface area contributed by atoms with E-state index in [1.807, 2.05) is 6.07 Å². The van der Waals surface area contributed by atoms with Gasteiger partial charge in [0.15, 0.2) is 0 Å². The second kappa shape index (κ2) is 2.98. The van der Waals surface area contributed by atoms with Crippen LogP contribution in [0.2, 0.25) is 0 Å². The molecule has 1 saturated carbocycles. The molecule has 1 N–H and O–H groups in total. The molecule has 0 aliphatic heterocycles. The molecular weight excluding hydrogens is 162 g/mol. The van der Waals surface area contributed by atoms with Crippen LogP contribution in [-0.2, 0) is 0 Å². The van der Waals surface area contributed by atoms with Crippen LogP contribution in [0.15, 0.2) is 18.5 Å². The molecule has 0 bridgehead atoms. The lowest BCUT2D eigenvalue weighted by molar-refractivity contribution is 0.490. The minimum absolute atomic E-state index is 0.140. The van der Waals surface area contributed by atoms with Crippen molar-refractivity contribution in [3.63, 3.8) is 0 Å². The van der Waals surface area contributed by atoms with Crippen LogP contribution in [-0.4, -0.2) is 15.5 Å². The smallest absolute Gasteiger partial charge is 0.222 e. The molecular formula is C10H15N3. The van der Waals surface area contributed by atoms with Gasteiger partial charge in [-0.15, -0.1) is 0 Å². The van der Waals surface area contributed by atoms with E-state index in [9.17, 15) is 0 Å². The van der Waals surface area contributed by atoms with Gasteiger partial charge in [0.05, 0.1) is 0 Å². The zero-order chi connectivity index (χ0) is 9.31. The van der Waals surface area contributed by atoms with Gasteiger partial charge in [0, 0.05) is 17.9 Å². The topological polar surface area (TPSA) is 37.8 Å². The number of anilines is 1. The Morgan fingerprint density at radius 2 is 1.92 bits per heavy atom. The molecule has 3 heteroatoms. The summed E-state index contributed by atoms with van der Waals surface area (Å²) in [7, 11) is 0. The fourth-order valence-electron chi connectivity index (χ4n) is 1.56. The van der Waals surface area contributed by atoms with E-state index in [1.165, 1.54) is 12.8 Å². The Bertz CT molecular complexity index is 277. The molecule has 1 heterocycles.